The highest BCUT2D eigenvalue weighted by Crippen LogP contribution is 2.49. The van der Waals surface area contributed by atoms with Crippen molar-refractivity contribution < 1.29 is 33.2 Å². The van der Waals surface area contributed by atoms with Gasteiger partial charge in [0.15, 0.2) is 23.0 Å². The third-order valence-electron chi connectivity index (χ3n) is 5.35. The van der Waals surface area contributed by atoms with Crippen LogP contribution >= 0.6 is 0 Å². The largest absolute Gasteiger partial charge is 0.493 e. The van der Waals surface area contributed by atoms with Gasteiger partial charge in [0.2, 0.25) is 12.5 Å². The van der Waals surface area contributed by atoms with Crippen LogP contribution in [0.4, 0.5) is 10.5 Å². The minimum Gasteiger partial charge on any atom is -0.493 e. The van der Waals surface area contributed by atoms with Gasteiger partial charge in [-0.25, -0.2) is 4.79 Å². The second kappa shape index (κ2) is 6.54. The number of carbonyl (C=O) groups is 1. The van der Waals surface area contributed by atoms with Crippen LogP contribution < -0.4 is 29.0 Å². The zero-order chi connectivity index (χ0) is 20.1. The van der Waals surface area contributed by atoms with Crippen molar-refractivity contribution in [1.82, 2.24) is 4.90 Å². The summed E-state index contributed by atoms with van der Waals surface area (Å²) in [5, 5.41) is 3.36. The van der Waals surface area contributed by atoms with Crippen molar-refractivity contribution >= 4 is 11.8 Å². The number of hydrogen-bond acceptors (Lipinski definition) is 8. The molecule has 1 amide bonds. The first kappa shape index (κ1) is 17.6. The molecule has 2 aromatic carbocycles. The summed E-state index contributed by atoms with van der Waals surface area (Å²) in [4.78, 5) is 14.3. The van der Waals surface area contributed by atoms with Crippen molar-refractivity contribution in [3.05, 3.63) is 35.4 Å². The summed E-state index contributed by atoms with van der Waals surface area (Å²) in [6.45, 7) is 0.413. The first-order chi connectivity index (χ1) is 14.1. The van der Waals surface area contributed by atoms with E-state index >= 15 is 0 Å². The molecule has 0 unspecified atom stereocenters. The molecule has 0 saturated carbocycles. The summed E-state index contributed by atoms with van der Waals surface area (Å²) >= 11 is 0. The van der Waals surface area contributed by atoms with Crippen LogP contribution in [0.5, 0.6) is 28.7 Å². The lowest BCUT2D eigenvalue weighted by Gasteiger charge is -2.38. The summed E-state index contributed by atoms with van der Waals surface area (Å²) in [5.41, 5.74) is 2.51. The Morgan fingerprint density at radius 2 is 1.66 bits per heavy atom. The molecule has 3 aliphatic heterocycles. The third kappa shape index (κ3) is 2.57. The first-order valence-electron chi connectivity index (χ1n) is 9.09. The lowest BCUT2D eigenvalue weighted by atomic mass is 9.92. The number of benzene rings is 2. The Hall–Kier alpha value is -3.49. The molecule has 5 rings (SSSR count). The Morgan fingerprint density at radius 3 is 2.31 bits per heavy atom. The molecule has 0 spiro atoms. The standard InChI is InChI=1S/C20H20N2O7/c1-24-15-4-10(5-16(25-2)19(15)26-3)18-11-6-13-14(29-9-28-13)7-12(11)21-17-8-27-20(23)22(17)18/h4-7,17-18,21H,8-9H2,1-3H3/t17-,18+/m0/s1. The van der Waals surface area contributed by atoms with Crippen LogP contribution in [0.1, 0.15) is 17.2 Å². The van der Waals surface area contributed by atoms with Crippen LogP contribution in [0.3, 0.4) is 0 Å². The van der Waals surface area contributed by atoms with Gasteiger partial charge < -0.3 is 33.7 Å². The number of anilines is 1. The van der Waals surface area contributed by atoms with E-state index in [1.807, 2.05) is 24.3 Å². The Balaban J connectivity index is 1.71. The Labute approximate surface area is 167 Å². The van der Waals surface area contributed by atoms with Gasteiger partial charge in [-0.15, -0.1) is 0 Å². The molecule has 1 N–H and O–H groups in total. The first-order valence-corrected chi connectivity index (χ1v) is 9.09. The number of nitrogens with one attached hydrogen (secondary N) is 1. The average Bonchev–Trinajstić information content (AvgIpc) is 3.35. The molecule has 29 heavy (non-hydrogen) atoms. The number of ether oxygens (including phenoxy) is 6. The maximum atomic E-state index is 12.6. The van der Waals surface area contributed by atoms with Crippen LogP contribution in [-0.2, 0) is 4.74 Å². The molecule has 9 nitrogen and oxygen atoms in total. The molecule has 2 atom stereocenters. The quantitative estimate of drug-likeness (QED) is 0.838. The van der Waals surface area contributed by atoms with Gasteiger partial charge in [-0.3, -0.25) is 4.90 Å². The van der Waals surface area contributed by atoms with Gasteiger partial charge in [-0.2, -0.15) is 0 Å². The van der Waals surface area contributed by atoms with Crippen molar-refractivity contribution in [1.29, 1.82) is 0 Å². The van der Waals surface area contributed by atoms with Gasteiger partial charge in [-0.1, -0.05) is 0 Å². The van der Waals surface area contributed by atoms with E-state index in [0.717, 1.165) is 16.8 Å². The minimum absolute atomic E-state index is 0.169. The molecule has 3 aliphatic rings. The number of hydrogen-bond donors (Lipinski definition) is 1. The number of methoxy groups -OCH3 is 3. The Bertz CT molecular complexity index is 968. The van der Waals surface area contributed by atoms with Crippen molar-refractivity contribution in [2.45, 2.75) is 12.2 Å². The summed E-state index contributed by atoms with van der Waals surface area (Å²) in [6, 6.07) is 7.03. The van der Waals surface area contributed by atoms with Gasteiger partial charge >= 0.3 is 6.09 Å². The number of nitrogens with zero attached hydrogens (tertiary/aromatic N) is 1. The molecule has 1 saturated heterocycles. The van der Waals surface area contributed by atoms with E-state index in [0.29, 0.717) is 28.7 Å². The maximum absolute atomic E-state index is 12.6. The Morgan fingerprint density at radius 1 is 0.966 bits per heavy atom. The van der Waals surface area contributed by atoms with Crippen LogP contribution in [0, 0.1) is 0 Å². The zero-order valence-corrected chi connectivity index (χ0v) is 16.2. The second-order valence-corrected chi connectivity index (χ2v) is 6.80. The normalized spacial score (nSPS) is 21.1. The SMILES string of the molecule is COc1cc([C@@H]2c3cc4c(cc3N[C@@H]3COC(=O)N23)OCO4)cc(OC)c1OC. The molecule has 0 aromatic heterocycles. The van der Waals surface area contributed by atoms with Crippen molar-refractivity contribution in [2.24, 2.45) is 0 Å². The predicted octanol–water partition coefficient (Wildman–Crippen LogP) is 2.73. The van der Waals surface area contributed by atoms with Crippen molar-refractivity contribution in [3.8, 4) is 28.7 Å². The summed E-state index contributed by atoms with van der Waals surface area (Å²) < 4.78 is 32.8. The number of cyclic esters (lactones) is 1. The summed E-state index contributed by atoms with van der Waals surface area (Å²) in [5.74, 6) is 2.80. The fourth-order valence-corrected chi connectivity index (χ4v) is 4.07. The predicted molar refractivity (Wildman–Crippen MR) is 101 cm³/mol. The van der Waals surface area contributed by atoms with Gasteiger partial charge in [0, 0.05) is 17.3 Å². The van der Waals surface area contributed by atoms with E-state index in [9.17, 15) is 4.79 Å². The number of rotatable bonds is 4. The average molecular weight is 400 g/mol. The highest BCUT2D eigenvalue weighted by molar-refractivity contribution is 5.77. The van der Waals surface area contributed by atoms with E-state index in [4.69, 9.17) is 28.4 Å². The molecule has 0 aliphatic carbocycles. The fraction of sp³-hybridized carbons (Fsp3) is 0.350. The van der Waals surface area contributed by atoms with Crippen molar-refractivity contribution in [3.63, 3.8) is 0 Å². The van der Waals surface area contributed by atoms with Crippen LogP contribution in [0.25, 0.3) is 0 Å². The van der Waals surface area contributed by atoms with E-state index in [2.05, 4.69) is 5.32 Å². The minimum atomic E-state index is -0.436. The summed E-state index contributed by atoms with van der Waals surface area (Å²) in [6.07, 6.45) is -0.705. The summed E-state index contributed by atoms with van der Waals surface area (Å²) in [7, 11) is 4.67. The number of amides is 1. The topological polar surface area (TPSA) is 87.7 Å². The molecule has 9 heteroatoms. The van der Waals surface area contributed by atoms with E-state index in [1.54, 1.807) is 26.2 Å². The second-order valence-electron chi connectivity index (χ2n) is 6.80. The molecule has 0 radical (unpaired) electrons. The molecule has 2 aromatic rings. The van der Waals surface area contributed by atoms with E-state index < -0.39 is 12.1 Å². The molecule has 152 valence electrons. The van der Waals surface area contributed by atoms with Gasteiger partial charge in [0.25, 0.3) is 0 Å². The highest BCUT2D eigenvalue weighted by Gasteiger charge is 2.45. The fourth-order valence-electron chi connectivity index (χ4n) is 4.07. The molecule has 0 bridgehead atoms. The zero-order valence-electron chi connectivity index (χ0n) is 16.2. The highest BCUT2D eigenvalue weighted by atomic mass is 16.7. The lowest BCUT2D eigenvalue weighted by Crippen LogP contribution is -2.45. The molecular formula is C20H20N2O7. The van der Waals surface area contributed by atoms with E-state index in [-0.39, 0.29) is 19.6 Å². The number of fused-ring (bicyclic) bond motifs is 3. The van der Waals surface area contributed by atoms with Crippen LogP contribution in [-0.4, -0.2) is 51.9 Å². The number of carbonyl (C=O) groups excluding carboxylic acids is 1. The Kier molecular flexibility index (Phi) is 3.97. The van der Waals surface area contributed by atoms with Gasteiger partial charge in [0.1, 0.15) is 12.8 Å². The van der Waals surface area contributed by atoms with E-state index in [1.165, 1.54) is 0 Å². The third-order valence-corrected chi connectivity index (χ3v) is 5.35. The maximum Gasteiger partial charge on any atom is 0.412 e. The van der Waals surface area contributed by atoms with Gasteiger partial charge in [0.05, 0.1) is 27.4 Å². The van der Waals surface area contributed by atoms with Crippen molar-refractivity contribution in [2.75, 3.05) is 40.0 Å². The van der Waals surface area contributed by atoms with Crippen LogP contribution in [0.2, 0.25) is 0 Å². The van der Waals surface area contributed by atoms with Crippen LogP contribution in [0.15, 0.2) is 24.3 Å². The van der Waals surface area contributed by atoms with Gasteiger partial charge in [-0.05, 0) is 23.8 Å². The lowest BCUT2D eigenvalue weighted by molar-refractivity contribution is 0.149. The smallest absolute Gasteiger partial charge is 0.412 e. The molecule has 3 heterocycles. The molecule has 1 fully saturated rings. The molecular weight excluding hydrogens is 380 g/mol. The monoisotopic (exact) mass is 400 g/mol.